The van der Waals surface area contributed by atoms with E-state index in [4.69, 9.17) is 10.2 Å². The Hall–Kier alpha value is -7.84. The number of benzene rings is 8. The van der Waals surface area contributed by atoms with E-state index in [0.717, 1.165) is 24.3 Å². The Balaban J connectivity index is 0.000000204. The number of carboxylic acids is 2. The van der Waals surface area contributed by atoms with Crippen molar-refractivity contribution in [3.63, 3.8) is 0 Å². The minimum atomic E-state index is -4.68. The van der Waals surface area contributed by atoms with Gasteiger partial charge in [-0.3, -0.25) is 0 Å². The van der Waals surface area contributed by atoms with Crippen LogP contribution in [0.5, 0.6) is 11.5 Å². The molecule has 390 valence electrons. The van der Waals surface area contributed by atoms with E-state index in [1.165, 1.54) is 121 Å². The molecule has 0 saturated carbocycles. The second-order valence-electron chi connectivity index (χ2n) is 15.3. The molecule has 0 unspecified atom stereocenters. The van der Waals surface area contributed by atoms with Crippen molar-refractivity contribution in [2.24, 2.45) is 0 Å². The second kappa shape index (κ2) is 24.9. The van der Waals surface area contributed by atoms with Crippen LogP contribution >= 0.6 is 0 Å². The van der Waals surface area contributed by atoms with Crippen LogP contribution in [0.4, 0.5) is 52.7 Å². The van der Waals surface area contributed by atoms with Gasteiger partial charge in [-0.25, -0.2) is 9.59 Å². The zero-order valence-corrected chi connectivity index (χ0v) is 40.1. The smallest absolute Gasteiger partial charge is 0.421 e. The number of rotatable bonds is 8. The van der Waals surface area contributed by atoms with E-state index in [0.29, 0.717) is 15.4 Å². The zero-order valence-electron chi connectivity index (χ0n) is 38.4. The number of para-hydroxylation sites is 2. The van der Waals surface area contributed by atoms with Gasteiger partial charge in [0, 0.05) is 5.56 Å². The van der Waals surface area contributed by atoms with Crippen molar-refractivity contribution < 1.29 is 82.7 Å². The molecule has 0 bridgehead atoms. The van der Waals surface area contributed by atoms with Gasteiger partial charge in [0.05, 0.1) is 11.1 Å². The van der Waals surface area contributed by atoms with Crippen LogP contribution < -0.4 is 10.2 Å². The molecule has 0 saturated heterocycles. The van der Waals surface area contributed by atoms with E-state index < -0.39 is 92.2 Å². The van der Waals surface area contributed by atoms with Gasteiger partial charge < -0.3 is 20.4 Å². The highest BCUT2D eigenvalue weighted by Gasteiger charge is 2.48. The summed E-state index contributed by atoms with van der Waals surface area (Å²) in [6.07, 6.45) is -18.7. The van der Waals surface area contributed by atoms with Gasteiger partial charge in [-0.15, -0.1) is 0 Å². The van der Waals surface area contributed by atoms with Gasteiger partial charge in [-0.05, 0) is 85.8 Å². The van der Waals surface area contributed by atoms with Crippen LogP contribution in [0.15, 0.2) is 230 Å². The molecule has 8 aromatic carbocycles. The molecule has 0 aliphatic rings. The summed E-state index contributed by atoms with van der Waals surface area (Å²) in [4.78, 5) is 20.5. The summed E-state index contributed by atoms with van der Waals surface area (Å²) in [6.45, 7) is 1.68. The Morgan fingerprint density at radius 2 is 0.600 bits per heavy atom. The van der Waals surface area contributed by atoms with Crippen molar-refractivity contribution in [3.05, 3.63) is 239 Å². The van der Waals surface area contributed by atoms with Crippen LogP contribution in [-0.2, 0) is 46.5 Å². The molecule has 0 aliphatic heterocycles. The van der Waals surface area contributed by atoms with Gasteiger partial charge in [0.2, 0.25) is 0 Å². The van der Waals surface area contributed by atoms with Crippen LogP contribution in [0.1, 0.15) is 48.5 Å². The van der Waals surface area contributed by atoms with Crippen molar-refractivity contribution in [1.82, 2.24) is 0 Å². The van der Waals surface area contributed by atoms with Crippen LogP contribution in [0.3, 0.4) is 0 Å². The lowest BCUT2D eigenvalue weighted by Crippen LogP contribution is -2.18. The van der Waals surface area contributed by atoms with Crippen LogP contribution in [0.2, 0.25) is 0 Å². The van der Waals surface area contributed by atoms with Crippen LogP contribution in [-0.4, -0.2) is 22.2 Å². The Labute approximate surface area is 426 Å². The molecule has 0 radical (unpaired) electrons. The third-order valence-electron chi connectivity index (χ3n) is 10.2. The molecule has 8 rings (SSSR count). The molecular weight excluding hydrogens is 1050 g/mol. The van der Waals surface area contributed by atoms with E-state index in [9.17, 15) is 72.5 Å². The topological polar surface area (TPSA) is 121 Å². The standard InChI is InChI=1S/C21H15F6S.C20H13F6S.2C7H6O3/c1-14-8-2-5-11-17(14)28(18-12-6-3-9-15(18)20(22,23)24)19-13-7-4-10-16(19)21(25,26)27;21-19(22,23)15-10-4-6-12-17(15)27(14-8-2-1-3-9-14)18-13-7-5-11-16(18)20(24,25)26;2*8-6-4-2-1-3-5(6)7(9)10/h2-13H,1H3;1-13H;2*1-4,8H,(H,9,10)/q2*+1;;/p-2. The van der Waals surface area contributed by atoms with Crippen molar-refractivity contribution >= 4 is 33.7 Å². The van der Waals surface area contributed by atoms with E-state index in [1.54, 1.807) is 61.5 Å². The van der Waals surface area contributed by atoms with E-state index >= 15 is 0 Å². The molecule has 0 amide bonds. The number of halogens is 12. The number of carbonyl (C=O) groups is 2. The van der Waals surface area contributed by atoms with Crippen molar-refractivity contribution in [2.75, 3.05) is 0 Å². The monoisotopic (exact) mass is 1090 g/mol. The van der Waals surface area contributed by atoms with Crippen LogP contribution in [0.25, 0.3) is 0 Å². The fraction of sp³-hybridized carbons (Fsp3) is 0.0909. The van der Waals surface area contributed by atoms with Gasteiger partial charge in [0.15, 0.2) is 29.4 Å². The van der Waals surface area contributed by atoms with E-state index in [1.807, 2.05) is 0 Å². The first kappa shape index (κ1) is 58.1. The number of aryl methyl sites for hydroxylation is 1. The lowest BCUT2D eigenvalue weighted by molar-refractivity contribution is -0.269. The van der Waals surface area contributed by atoms with Crippen molar-refractivity contribution in [3.8, 4) is 11.5 Å². The summed E-state index contributed by atoms with van der Waals surface area (Å²) in [5.74, 6) is -3.25. The third kappa shape index (κ3) is 15.4. The fourth-order valence-corrected chi connectivity index (χ4v) is 11.8. The predicted octanol–water partition coefficient (Wildman–Crippen LogP) is 14.9. The molecule has 75 heavy (non-hydrogen) atoms. The first-order valence-corrected chi connectivity index (χ1v) is 23.9. The minimum Gasteiger partial charge on any atom is -0.872 e. The number of hydrogen-bond acceptors (Lipinski definition) is 4. The number of alkyl halides is 12. The highest BCUT2D eigenvalue weighted by molar-refractivity contribution is 7.97. The summed E-state index contributed by atoms with van der Waals surface area (Å²) >= 11 is 0. The molecule has 8 aromatic rings. The van der Waals surface area contributed by atoms with Gasteiger partial charge >= 0.3 is 36.6 Å². The number of hydrogen-bond donors (Lipinski definition) is 2. The molecule has 0 heterocycles. The Morgan fingerprint density at radius 3 is 0.880 bits per heavy atom. The molecular formula is C55H38F12O6S2. The van der Waals surface area contributed by atoms with Gasteiger partial charge in [0.25, 0.3) is 0 Å². The summed E-state index contributed by atoms with van der Waals surface area (Å²) in [5.41, 5.74) is -3.47. The maximum Gasteiger partial charge on any atom is 0.421 e. The minimum absolute atomic E-state index is 0.178. The average molecular weight is 1090 g/mol. The number of carboxylic acid groups (broad SMARTS) is 2. The largest absolute Gasteiger partial charge is 0.872 e. The first-order chi connectivity index (χ1) is 35.2. The quantitative estimate of drug-likeness (QED) is 0.115. The lowest BCUT2D eigenvalue weighted by atomic mass is 10.2. The lowest BCUT2D eigenvalue weighted by Gasteiger charge is -2.17. The van der Waals surface area contributed by atoms with Crippen molar-refractivity contribution in [1.29, 1.82) is 0 Å². The highest BCUT2D eigenvalue weighted by atomic mass is 32.2. The van der Waals surface area contributed by atoms with Crippen LogP contribution in [0, 0.1) is 6.92 Å². The van der Waals surface area contributed by atoms with E-state index in [-0.39, 0.29) is 30.7 Å². The predicted molar refractivity (Wildman–Crippen MR) is 253 cm³/mol. The highest BCUT2D eigenvalue weighted by Crippen LogP contribution is 2.46. The third-order valence-corrected chi connectivity index (χ3v) is 15.0. The summed E-state index contributed by atoms with van der Waals surface area (Å²) < 4.78 is 163. The molecule has 0 aliphatic carbocycles. The summed E-state index contributed by atoms with van der Waals surface area (Å²) in [7, 11) is -3.15. The fourth-order valence-electron chi connectivity index (χ4n) is 6.87. The molecule has 0 fully saturated rings. The van der Waals surface area contributed by atoms with Crippen molar-refractivity contribution in [2.45, 2.75) is 61.0 Å². The normalized spacial score (nSPS) is 11.6. The van der Waals surface area contributed by atoms with E-state index in [2.05, 4.69) is 0 Å². The summed E-state index contributed by atoms with van der Waals surface area (Å²) in [5, 5.41) is 38.1. The van der Waals surface area contributed by atoms with Gasteiger partial charge in [-0.1, -0.05) is 133 Å². The first-order valence-electron chi connectivity index (χ1n) is 21.5. The molecule has 20 heteroatoms. The Bertz CT molecular complexity index is 3030. The maximum absolute atomic E-state index is 13.7. The molecule has 6 nitrogen and oxygen atoms in total. The summed E-state index contributed by atoms with van der Waals surface area (Å²) in [6, 6.07) is 44.8. The molecule has 0 spiro atoms. The Kier molecular flexibility index (Phi) is 19.3. The number of aromatic carboxylic acids is 2. The maximum atomic E-state index is 13.7. The zero-order chi connectivity index (χ0) is 55.3. The molecule has 0 atom stereocenters. The van der Waals surface area contributed by atoms with Gasteiger partial charge in [0.1, 0.15) is 44.0 Å². The van der Waals surface area contributed by atoms with Gasteiger partial charge in [-0.2, -0.15) is 52.7 Å². The SMILES string of the molecule is Cc1ccccc1[S+](c1ccccc1C(F)(F)F)c1ccccc1C(F)(F)F.FC(F)(F)c1ccccc1[S+](c1ccccc1)c1ccccc1C(F)(F)F.O=C(O)c1ccccc1[O-].O=C(O)c1ccccc1[O-]. The average Bonchev–Trinajstić information content (AvgIpc) is 3.35. The molecule has 0 aromatic heterocycles. The second-order valence-corrected chi connectivity index (χ2v) is 19.2. The Morgan fingerprint density at radius 1 is 0.347 bits per heavy atom. The molecule has 2 N–H and O–H groups in total.